The molecule has 3 saturated heterocycles. The fourth-order valence-corrected chi connectivity index (χ4v) is 12.9. The molecule has 19 nitrogen and oxygen atoms in total. The molecular weight excluding hydrogens is 1310 g/mol. The molecule has 10 rings (SSSR count). The maximum absolute atomic E-state index is 14.7. The molecule has 0 spiro atoms. The van der Waals surface area contributed by atoms with E-state index in [2.05, 4.69) is 17.6 Å². The Labute approximate surface area is 607 Å². The van der Waals surface area contributed by atoms with E-state index >= 15 is 0 Å². The molecule has 19 heteroatoms. The molecule has 103 heavy (non-hydrogen) atoms. The van der Waals surface area contributed by atoms with Crippen LogP contribution in [0.2, 0.25) is 0 Å². The Bertz CT molecular complexity index is 3480. The number of hydrogen-bond donors (Lipinski definition) is 2. The Kier molecular flexibility index (Phi) is 32.6. The van der Waals surface area contributed by atoms with Gasteiger partial charge in [0.05, 0.1) is 66.1 Å². The van der Waals surface area contributed by atoms with Crippen LogP contribution in [0.1, 0.15) is 124 Å². The highest BCUT2D eigenvalue weighted by Gasteiger charge is 2.57. The van der Waals surface area contributed by atoms with E-state index in [1.165, 1.54) is 0 Å². The van der Waals surface area contributed by atoms with Crippen LogP contribution < -0.4 is 10.6 Å². The van der Waals surface area contributed by atoms with Gasteiger partial charge in [0.1, 0.15) is 67.0 Å². The zero-order valence-electron chi connectivity index (χ0n) is 59.9. The molecule has 0 aliphatic carbocycles. The average molecular weight is 1410 g/mol. The Balaban J connectivity index is 1.09. The quantitative estimate of drug-likeness (QED) is 0.0270. The minimum Gasteiger partial charge on any atom is -0.457 e. The molecule has 0 unspecified atom stereocenters. The van der Waals surface area contributed by atoms with Crippen molar-refractivity contribution in [3.63, 3.8) is 0 Å². The molecule has 3 aliphatic heterocycles. The molecule has 0 radical (unpaired) electrons. The number of esters is 1. The second-order valence-electron chi connectivity index (χ2n) is 26.2. The van der Waals surface area contributed by atoms with Crippen LogP contribution in [0.15, 0.2) is 212 Å². The first-order valence-corrected chi connectivity index (χ1v) is 36.8. The first kappa shape index (κ1) is 78.0. The highest BCUT2D eigenvalue weighted by molar-refractivity contribution is 5.76. The summed E-state index contributed by atoms with van der Waals surface area (Å²) in [6.07, 6.45) is -8.27. The maximum atomic E-state index is 14.7. The van der Waals surface area contributed by atoms with Crippen molar-refractivity contribution in [3.8, 4) is 0 Å². The van der Waals surface area contributed by atoms with Crippen molar-refractivity contribution in [1.82, 2.24) is 10.6 Å². The number of unbranched alkanes of at least 4 members (excludes halogenated alkanes) is 5. The Morgan fingerprint density at radius 1 is 0.320 bits per heavy atom. The van der Waals surface area contributed by atoms with Gasteiger partial charge in [-0.05, 0) is 45.4 Å². The first-order chi connectivity index (χ1) is 50.7. The van der Waals surface area contributed by atoms with Crippen LogP contribution in [0.4, 0.5) is 0 Å². The van der Waals surface area contributed by atoms with Crippen LogP contribution in [0.3, 0.4) is 0 Å². The van der Waals surface area contributed by atoms with Crippen LogP contribution >= 0.6 is 0 Å². The Morgan fingerprint density at radius 3 is 1.03 bits per heavy atom. The van der Waals surface area contributed by atoms with Gasteiger partial charge in [0.25, 0.3) is 0 Å². The average Bonchev–Trinajstić information content (AvgIpc) is 0.771. The van der Waals surface area contributed by atoms with Crippen molar-refractivity contribution < 1.29 is 80.7 Å². The van der Waals surface area contributed by atoms with Crippen molar-refractivity contribution in [3.05, 3.63) is 251 Å². The van der Waals surface area contributed by atoms with Gasteiger partial charge < -0.3 is 76.9 Å². The summed E-state index contributed by atoms with van der Waals surface area (Å²) in [4.78, 5) is 42.7. The van der Waals surface area contributed by atoms with Gasteiger partial charge in [0, 0.05) is 25.9 Å². The summed E-state index contributed by atoms with van der Waals surface area (Å²) in [6.45, 7) is 8.62. The lowest BCUT2D eigenvalue weighted by Crippen LogP contribution is -2.71. The van der Waals surface area contributed by atoms with Crippen molar-refractivity contribution >= 4 is 17.8 Å². The van der Waals surface area contributed by atoms with Crippen LogP contribution in [0.25, 0.3) is 0 Å². The van der Waals surface area contributed by atoms with E-state index in [1.807, 2.05) is 212 Å². The summed E-state index contributed by atoms with van der Waals surface area (Å²) in [6, 6.07) is 66.1. The third kappa shape index (κ3) is 24.5. The number of rotatable bonds is 42. The van der Waals surface area contributed by atoms with Gasteiger partial charge in [-0.2, -0.15) is 0 Å². The predicted octanol–water partition coefficient (Wildman–Crippen LogP) is 13.4. The monoisotopic (exact) mass is 1410 g/mol. The van der Waals surface area contributed by atoms with E-state index in [1.54, 1.807) is 20.8 Å². The fourth-order valence-electron chi connectivity index (χ4n) is 12.9. The van der Waals surface area contributed by atoms with Gasteiger partial charge in [-0.1, -0.05) is 272 Å². The van der Waals surface area contributed by atoms with Crippen LogP contribution in [0, 0.1) is 0 Å². The standard InChI is InChI=1S/C84H104N2O17/c1-5-9-10-11-12-34-49-93-84-81(80(97-56-66-47-32-19-33-48-66)75(94-53-63-41-26-16-27-42-63)67(100-84)57-90-50-60-35-20-13-21-36-60)103-83-74(86-71(88)7-3)79(96-55-65-45-30-18-31-46-65)77(69(99-83)59-92-52-62-39-24-15-25-40-62)102-82-73(85-70(87)6-2)78(95-54-64-43-28-17-29-44-64)76(101-72(89)8-4)68(98-82)58-91-51-61-37-22-14-23-38-61/h13-33,35-48,67-69,73-84H,5-12,34,49-59H2,1-4H3,(H,85,87)(H,86,88)/t67-,68-,69-,73-,74-,75-,76+,77-,78-,79-,80+,81+,82+,83+,84+/m1/s1. The minimum absolute atomic E-state index is 0.0168. The molecule has 3 heterocycles. The van der Waals surface area contributed by atoms with Crippen molar-refractivity contribution in [2.45, 2.75) is 224 Å². The second-order valence-corrected chi connectivity index (χ2v) is 26.2. The summed E-state index contributed by atoms with van der Waals surface area (Å²) in [5.41, 5.74) is 6.23. The predicted molar refractivity (Wildman–Crippen MR) is 388 cm³/mol. The van der Waals surface area contributed by atoms with E-state index in [-0.39, 0.29) is 90.5 Å². The number of hydrogen-bond acceptors (Lipinski definition) is 17. The fraction of sp³-hybridized carbons (Fsp3) is 0.464. The SMILES string of the molecule is CCCCCCCCO[C@H]1O[C@H](COCc2ccccc2)[C@@H](OCc2ccccc2)[C@H](OCc2ccccc2)[C@@H]1O[C@@H]1O[C@H](COCc2ccccc2)[C@@H](O[C@@H]2O[C@H](COCc3ccccc3)[C@H](OC(=O)CC)[C@H](OCc3ccccc3)[C@H]2NC(=O)CC)[C@H](OCc2ccccc2)[C@H]1NC(=O)CC. The molecule has 7 aromatic carbocycles. The van der Waals surface area contributed by atoms with Gasteiger partial charge in [-0.25, -0.2) is 0 Å². The molecule has 0 bridgehead atoms. The summed E-state index contributed by atoms with van der Waals surface area (Å²) in [7, 11) is 0. The lowest BCUT2D eigenvalue weighted by Gasteiger charge is -2.52. The third-order valence-electron chi connectivity index (χ3n) is 18.4. The van der Waals surface area contributed by atoms with E-state index < -0.39 is 98.0 Å². The van der Waals surface area contributed by atoms with Crippen LogP contribution in [0.5, 0.6) is 0 Å². The summed E-state index contributed by atoms with van der Waals surface area (Å²) >= 11 is 0. The largest absolute Gasteiger partial charge is 0.457 e. The zero-order chi connectivity index (χ0) is 71.6. The summed E-state index contributed by atoms with van der Waals surface area (Å²) < 4.78 is 99.1. The molecule has 7 aromatic rings. The Hall–Kier alpha value is -7.57. The van der Waals surface area contributed by atoms with E-state index in [9.17, 15) is 14.4 Å². The third-order valence-corrected chi connectivity index (χ3v) is 18.4. The molecule has 3 aliphatic rings. The molecular formula is C84H104N2O17. The normalized spacial score (nSPS) is 24.8. The molecule has 0 aromatic heterocycles. The van der Waals surface area contributed by atoms with Gasteiger partial charge in [0.15, 0.2) is 25.0 Å². The zero-order valence-corrected chi connectivity index (χ0v) is 59.9. The van der Waals surface area contributed by atoms with Gasteiger partial charge in [-0.15, -0.1) is 0 Å². The first-order valence-electron chi connectivity index (χ1n) is 36.8. The van der Waals surface area contributed by atoms with Crippen LogP contribution in [-0.2, 0) is 127 Å². The van der Waals surface area contributed by atoms with Crippen molar-refractivity contribution in [2.75, 3.05) is 26.4 Å². The number of amides is 2. The smallest absolute Gasteiger partial charge is 0.305 e. The number of carbonyl (C=O) groups is 3. The number of nitrogens with one attached hydrogen (secondary N) is 2. The molecule has 3 fully saturated rings. The topological polar surface area (TPSA) is 204 Å². The van der Waals surface area contributed by atoms with Gasteiger partial charge in [0.2, 0.25) is 11.8 Å². The minimum atomic E-state index is -1.42. The lowest BCUT2D eigenvalue weighted by molar-refractivity contribution is -0.377. The van der Waals surface area contributed by atoms with E-state index in [4.69, 9.17) is 66.3 Å². The molecule has 15 atom stereocenters. The van der Waals surface area contributed by atoms with Crippen LogP contribution in [-0.4, -0.2) is 136 Å². The highest BCUT2D eigenvalue weighted by Crippen LogP contribution is 2.39. The van der Waals surface area contributed by atoms with E-state index in [0.717, 1.165) is 77.5 Å². The molecule has 2 N–H and O–H groups in total. The summed E-state index contributed by atoms with van der Waals surface area (Å²) in [5.74, 6) is -1.24. The lowest BCUT2D eigenvalue weighted by atomic mass is 9.93. The Morgan fingerprint density at radius 2 is 0.641 bits per heavy atom. The molecule has 2 amide bonds. The van der Waals surface area contributed by atoms with Gasteiger partial charge in [-0.3, -0.25) is 14.4 Å². The van der Waals surface area contributed by atoms with E-state index in [0.29, 0.717) is 13.2 Å². The number of benzene rings is 7. The molecule has 552 valence electrons. The number of carbonyl (C=O) groups excluding carboxylic acids is 3. The summed E-state index contributed by atoms with van der Waals surface area (Å²) in [5, 5.41) is 6.49. The van der Waals surface area contributed by atoms with Crippen molar-refractivity contribution in [2.24, 2.45) is 0 Å². The van der Waals surface area contributed by atoms with Gasteiger partial charge >= 0.3 is 5.97 Å². The van der Waals surface area contributed by atoms with Crippen molar-refractivity contribution in [1.29, 1.82) is 0 Å². The molecule has 0 saturated carbocycles. The second kappa shape index (κ2) is 43.0. The maximum Gasteiger partial charge on any atom is 0.305 e. The number of ether oxygens (including phenoxy) is 14. The highest BCUT2D eigenvalue weighted by atomic mass is 16.8.